The molecule has 0 N–H and O–H groups in total. The van der Waals surface area contributed by atoms with E-state index in [4.69, 9.17) is 14.5 Å². The molecule has 0 radical (unpaired) electrons. The van der Waals surface area contributed by atoms with Crippen molar-refractivity contribution in [3.63, 3.8) is 0 Å². The lowest BCUT2D eigenvalue weighted by Gasteiger charge is -2.34. The number of piperazine rings is 1. The first-order chi connectivity index (χ1) is 14.0. The summed E-state index contributed by atoms with van der Waals surface area (Å²) < 4.78 is 12.0. The first-order valence-electron chi connectivity index (χ1n) is 9.65. The van der Waals surface area contributed by atoms with Crippen molar-refractivity contribution in [2.24, 2.45) is 0 Å². The maximum atomic E-state index is 13.1. The van der Waals surface area contributed by atoms with Crippen molar-refractivity contribution >= 4 is 32.6 Å². The summed E-state index contributed by atoms with van der Waals surface area (Å²) in [4.78, 5) is 22.0. The molecule has 152 valence electrons. The fraction of sp³-hybridized carbons (Fsp3) is 0.364. The van der Waals surface area contributed by atoms with Gasteiger partial charge in [0.05, 0.1) is 30.0 Å². The molecule has 0 atom stereocenters. The number of carbonyl (C=O) groups excluding carboxylic acids is 1. The van der Waals surface area contributed by atoms with E-state index in [1.165, 1.54) is 15.8 Å². The monoisotopic (exact) mass is 411 g/mol. The van der Waals surface area contributed by atoms with Gasteiger partial charge < -0.3 is 19.3 Å². The molecule has 1 aromatic heterocycles. The SMILES string of the molecule is COc1cccc(C(=O)N2CCN(c3nc4cc(C)c(C)cc4s3)CC2)c1OC. The van der Waals surface area contributed by atoms with Gasteiger partial charge >= 0.3 is 0 Å². The first-order valence-corrected chi connectivity index (χ1v) is 10.5. The second-order valence-electron chi connectivity index (χ2n) is 7.22. The average Bonchev–Trinajstić information content (AvgIpc) is 3.15. The molecule has 29 heavy (non-hydrogen) atoms. The number of aryl methyl sites for hydroxylation is 2. The topological polar surface area (TPSA) is 54.9 Å². The van der Waals surface area contributed by atoms with Crippen LogP contribution in [-0.4, -0.2) is 56.2 Å². The van der Waals surface area contributed by atoms with Crippen LogP contribution < -0.4 is 14.4 Å². The Morgan fingerprint density at radius 2 is 1.76 bits per heavy atom. The van der Waals surface area contributed by atoms with Crippen LogP contribution in [0.1, 0.15) is 21.5 Å². The molecule has 2 heterocycles. The normalized spacial score (nSPS) is 14.3. The molecule has 0 aliphatic carbocycles. The number of ether oxygens (including phenoxy) is 2. The lowest BCUT2D eigenvalue weighted by Crippen LogP contribution is -2.48. The van der Waals surface area contributed by atoms with E-state index >= 15 is 0 Å². The molecule has 6 nitrogen and oxygen atoms in total. The van der Waals surface area contributed by atoms with Gasteiger partial charge in [0.1, 0.15) is 0 Å². The van der Waals surface area contributed by atoms with Gasteiger partial charge in [-0.2, -0.15) is 0 Å². The highest BCUT2D eigenvalue weighted by atomic mass is 32.1. The van der Waals surface area contributed by atoms with Gasteiger partial charge in [-0.1, -0.05) is 17.4 Å². The highest BCUT2D eigenvalue weighted by molar-refractivity contribution is 7.22. The Kier molecular flexibility index (Phi) is 5.32. The average molecular weight is 412 g/mol. The fourth-order valence-corrected chi connectivity index (χ4v) is 4.73. The number of carbonyl (C=O) groups is 1. The Balaban J connectivity index is 1.49. The van der Waals surface area contributed by atoms with Crippen molar-refractivity contribution in [1.82, 2.24) is 9.88 Å². The van der Waals surface area contributed by atoms with E-state index in [2.05, 4.69) is 30.9 Å². The minimum Gasteiger partial charge on any atom is -0.493 e. The number of amides is 1. The Hall–Kier alpha value is -2.80. The number of benzene rings is 2. The van der Waals surface area contributed by atoms with Gasteiger partial charge in [-0.3, -0.25) is 4.79 Å². The molecule has 2 aromatic carbocycles. The van der Waals surface area contributed by atoms with Crippen LogP contribution in [0.2, 0.25) is 0 Å². The van der Waals surface area contributed by atoms with Gasteiger partial charge in [-0.05, 0) is 49.2 Å². The Morgan fingerprint density at radius 1 is 1.03 bits per heavy atom. The molecular weight excluding hydrogens is 386 g/mol. The number of fused-ring (bicyclic) bond motifs is 1. The Labute approximate surface area is 174 Å². The predicted molar refractivity (Wildman–Crippen MR) is 117 cm³/mol. The number of hydrogen-bond donors (Lipinski definition) is 0. The van der Waals surface area contributed by atoms with Crippen LogP contribution in [0.4, 0.5) is 5.13 Å². The summed E-state index contributed by atoms with van der Waals surface area (Å²) in [5.41, 5.74) is 4.13. The zero-order chi connectivity index (χ0) is 20.5. The zero-order valence-corrected chi connectivity index (χ0v) is 18.0. The van der Waals surface area contributed by atoms with Crippen LogP contribution in [0.3, 0.4) is 0 Å². The van der Waals surface area contributed by atoms with Crippen molar-refractivity contribution in [2.45, 2.75) is 13.8 Å². The maximum Gasteiger partial charge on any atom is 0.257 e. The second kappa shape index (κ2) is 7.91. The number of thiazole rings is 1. The van der Waals surface area contributed by atoms with E-state index in [0.717, 1.165) is 23.7 Å². The lowest BCUT2D eigenvalue weighted by molar-refractivity contribution is 0.0742. The zero-order valence-electron chi connectivity index (χ0n) is 17.2. The fourth-order valence-electron chi connectivity index (χ4n) is 3.63. The third kappa shape index (κ3) is 3.62. The van der Waals surface area contributed by atoms with Crippen molar-refractivity contribution in [1.29, 1.82) is 0 Å². The predicted octanol–water partition coefficient (Wildman–Crippen LogP) is 3.89. The number of aromatic nitrogens is 1. The van der Waals surface area contributed by atoms with Crippen molar-refractivity contribution in [3.8, 4) is 11.5 Å². The maximum absolute atomic E-state index is 13.1. The third-order valence-electron chi connectivity index (χ3n) is 5.46. The van der Waals surface area contributed by atoms with Crippen LogP contribution in [-0.2, 0) is 0 Å². The second-order valence-corrected chi connectivity index (χ2v) is 8.23. The molecule has 1 fully saturated rings. The smallest absolute Gasteiger partial charge is 0.257 e. The Morgan fingerprint density at radius 3 is 2.45 bits per heavy atom. The van der Waals surface area contributed by atoms with E-state index in [1.807, 2.05) is 11.0 Å². The van der Waals surface area contributed by atoms with Crippen LogP contribution >= 0.6 is 11.3 Å². The summed E-state index contributed by atoms with van der Waals surface area (Å²) in [6, 6.07) is 9.76. The molecule has 7 heteroatoms. The minimum atomic E-state index is -0.0315. The van der Waals surface area contributed by atoms with Gasteiger partial charge in [-0.15, -0.1) is 0 Å². The molecule has 0 saturated carbocycles. The van der Waals surface area contributed by atoms with Gasteiger partial charge in [0.25, 0.3) is 5.91 Å². The largest absolute Gasteiger partial charge is 0.493 e. The van der Waals surface area contributed by atoms with E-state index in [9.17, 15) is 4.79 Å². The summed E-state index contributed by atoms with van der Waals surface area (Å²) in [6.45, 7) is 7.06. The molecular formula is C22H25N3O3S. The van der Waals surface area contributed by atoms with Gasteiger partial charge in [0, 0.05) is 26.2 Å². The van der Waals surface area contributed by atoms with Gasteiger partial charge in [-0.25, -0.2) is 4.98 Å². The standard InChI is InChI=1S/C22H25N3O3S/c1-14-12-17-19(13-15(14)2)29-22(23-17)25-10-8-24(9-11-25)21(26)16-6-5-7-18(27-3)20(16)28-4/h5-7,12-13H,8-11H2,1-4H3. The summed E-state index contributed by atoms with van der Waals surface area (Å²) in [5.74, 6) is 1.02. The van der Waals surface area contributed by atoms with E-state index in [0.29, 0.717) is 30.2 Å². The molecule has 1 amide bonds. The Bertz CT molecular complexity index is 1020. The number of nitrogens with zero attached hydrogens (tertiary/aromatic N) is 3. The van der Waals surface area contributed by atoms with E-state index in [-0.39, 0.29) is 5.91 Å². The first kappa shape index (κ1) is 19.5. The number of methoxy groups -OCH3 is 2. The van der Waals surface area contributed by atoms with Gasteiger partial charge in [0.2, 0.25) is 0 Å². The molecule has 1 saturated heterocycles. The summed E-state index contributed by atoms with van der Waals surface area (Å²) in [6.07, 6.45) is 0. The van der Waals surface area contributed by atoms with Crippen LogP contribution in [0.5, 0.6) is 11.5 Å². The molecule has 1 aliphatic rings. The van der Waals surface area contributed by atoms with Crippen molar-refractivity contribution in [3.05, 3.63) is 47.0 Å². The number of rotatable bonds is 4. The van der Waals surface area contributed by atoms with Crippen LogP contribution in [0.15, 0.2) is 30.3 Å². The molecule has 4 rings (SSSR count). The number of hydrogen-bond acceptors (Lipinski definition) is 6. The van der Waals surface area contributed by atoms with Crippen molar-refractivity contribution < 1.29 is 14.3 Å². The molecule has 0 unspecified atom stereocenters. The van der Waals surface area contributed by atoms with E-state index < -0.39 is 0 Å². The van der Waals surface area contributed by atoms with Crippen LogP contribution in [0.25, 0.3) is 10.2 Å². The lowest BCUT2D eigenvalue weighted by atomic mass is 10.1. The summed E-state index contributed by atoms with van der Waals surface area (Å²) in [7, 11) is 3.13. The molecule has 0 bridgehead atoms. The van der Waals surface area contributed by atoms with Crippen molar-refractivity contribution in [2.75, 3.05) is 45.3 Å². The summed E-state index contributed by atoms with van der Waals surface area (Å²) in [5, 5.41) is 1.02. The highest BCUT2D eigenvalue weighted by Crippen LogP contribution is 2.33. The molecule has 1 aliphatic heterocycles. The van der Waals surface area contributed by atoms with Crippen LogP contribution in [0, 0.1) is 13.8 Å². The minimum absolute atomic E-state index is 0.0315. The number of anilines is 1. The number of para-hydroxylation sites is 1. The molecule has 0 spiro atoms. The highest BCUT2D eigenvalue weighted by Gasteiger charge is 2.26. The third-order valence-corrected chi connectivity index (χ3v) is 6.54. The van der Waals surface area contributed by atoms with Gasteiger partial charge in [0.15, 0.2) is 16.6 Å². The quantitative estimate of drug-likeness (QED) is 0.652. The summed E-state index contributed by atoms with van der Waals surface area (Å²) >= 11 is 1.72. The molecule has 3 aromatic rings. The van der Waals surface area contributed by atoms with E-state index in [1.54, 1.807) is 37.7 Å².